The summed E-state index contributed by atoms with van der Waals surface area (Å²) >= 11 is 5.94. The van der Waals surface area contributed by atoms with Crippen LogP contribution in [-0.4, -0.2) is 29.9 Å². The number of carbonyl (C=O) groups is 2. The Morgan fingerprint density at radius 1 is 1.03 bits per heavy atom. The smallest absolute Gasteiger partial charge is 0.324 e. The zero-order valence-electron chi connectivity index (χ0n) is 15.7. The van der Waals surface area contributed by atoms with Gasteiger partial charge in [-0.25, -0.2) is 4.79 Å². The maximum absolute atomic E-state index is 13.0. The van der Waals surface area contributed by atoms with Crippen molar-refractivity contribution >= 4 is 34.9 Å². The molecule has 0 aliphatic carbocycles. The second kappa shape index (κ2) is 8.41. The number of furan rings is 1. The molecule has 6 nitrogen and oxygen atoms in total. The van der Waals surface area contributed by atoms with E-state index in [1.807, 2.05) is 41.3 Å². The number of anilines is 2. The van der Waals surface area contributed by atoms with Gasteiger partial charge in [0.2, 0.25) is 0 Å². The van der Waals surface area contributed by atoms with E-state index in [-0.39, 0.29) is 17.7 Å². The molecule has 1 saturated heterocycles. The van der Waals surface area contributed by atoms with Gasteiger partial charge in [-0.1, -0.05) is 23.7 Å². The van der Waals surface area contributed by atoms with Crippen molar-refractivity contribution < 1.29 is 14.0 Å². The number of nitrogens with one attached hydrogen (secondary N) is 1. The van der Waals surface area contributed by atoms with Crippen LogP contribution in [0.25, 0.3) is 0 Å². The summed E-state index contributed by atoms with van der Waals surface area (Å²) in [5, 5.41) is 3.45. The Morgan fingerprint density at radius 3 is 2.48 bits per heavy atom. The molecule has 3 amide bonds. The van der Waals surface area contributed by atoms with E-state index in [9.17, 15) is 9.59 Å². The van der Waals surface area contributed by atoms with E-state index in [1.165, 1.54) is 6.26 Å². The number of amides is 3. The summed E-state index contributed by atoms with van der Waals surface area (Å²) in [7, 11) is 0. The quantitative estimate of drug-likeness (QED) is 0.643. The molecule has 2 heterocycles. The molecule has 3 aromatic rings. The fourth-order valence-electron chi connectivity index (χ4n) is 3.30. The molecule has 0 saturated carbocycles. The van der Waals surface area contributed by atoms with Crippen LogP contribution in [0.2, 0.25) is 5.02 Å². The van der Waals surface area contributed by atoms with Crippen LogP contribution in [0.15, 0.2) is 71.3 Å². The minimum atomic E-state index is -0.314. The van der Waals surface area contributed by atoms with Gasteiger partial charge in [0.25, 0.3) is 5.91 Å². The second-order valence-electron chi connectivity index (χ2n) is 6.81. The van der Waals surface area contributed by atoms with Crippen LogP contribution in [0.5, 0.6) is 0 Å². The first-order valence-electron chi connectivity index (χ1n) is 9.36. The largest absolute Gasteiger partial charge is 0.459 e. The van der Waals surface area contributed by atoms with Gasteiger partial charge < -0.3 is 14.6 Å². The van der Waals surface area contributed by atoms with Gasteiger partial charge in [-0.2, -0.15) is 0 Å². The van der Waals surface area contributed by atoms with Crippen LogP contribution in [0.4, 0.5) is 16.2 Å². The molecule has 0 radical (unpaired) electrons. The molecule has 1 N–H and O–H groups in total. The van der Waals surface area contributed by atoms with Crippen LogP contribution in [0.1, 0.15) is 22.5 Å². The molecule has 7 heteroatoms. The molecule has 0 unspecified atom stereocenters. The average molecular weight is 410 g/mol. The van der Waals surface area contributed by atoms with E-state index in [0.717, 1.165) is 24.2 Å². The minimum absolute atomic E-state index is 0.0291. The van der Waals surface area contributed by atoms with Crippen molar-refractivity contribution in [1.82, 2.24) is 4.90 Å². The molecule has 4 rings (SSSR count). The van der Waals surface area contributed by atoms with Gasteiger partial charge in [-0.3, -0.25) is 9.69 Å². The van der Waals surface area contributed by atoms with Gasteiger partial charge in [-0.15, -0.1) is 0 Å². The molecule has 0 atom stereocenters. The lowest BCUT2D eigenvalue weighted by atomic mass is 10.1. The Hall–Kier alpha value is -3.25. The molecule has 0 bridgehead atoms. The van der Waals surface area contributed by atoms with E-state index in [1.54, 1.807) is 29.2 Å². The monoisotopic (exact) mass is 409 g/mol. The summed E-state index contributed by atoms with van der Waals surface area (Å²) in [5.41, 5.74) is 2.48. The van der Waals surface area contributed by atoms with Gasteiger partial charge >= 0.3 is 6.03 Å². The number of hydrogen-bond donors (Lipinski definition) is 1. The molecule has 148 valence electrons. The summed E-state index contributed by atoms with van der Waals surface area (Å²) < 4.78 is 5.09. The van der Waals surface area contributed by atoms with Crippen molar-refractivity contribution in [2.45, 2.75) is 13.0 Å². The number of carbonyl (C=O) groups excluding carboxylic acids is 2. The zero-order chi connectivity index (χ0) is 20.2. The maximum Gasteiger partial charge on any atom is 0.324 e. The van der Waals surface area contributed by atoms with E-state index in [0.29, 0.717) is 23.8 Å². The Balaban J connectivity index is 1.42. The highest BCUT2D eigenvalue weighted by Crippen LogP contribution is 2.24. The van der Waals surface area contributed by atoms with Gasteiger partial charge in [0.15, 0.2) is 5.76 Å². The molecule has 29 heavy (non-hydrogen) atoms. The Bertz CT molecular complexity index is 985. The molecule has 1 fully saturated rings. The lowest BCUT2D eigenvalue weighted by Crippen LogP contribution is -2.49. The summed E-state index contributed by atoms with van der Waals surface area (Å²) in [5.74, 6) is -0.0657. The number of halogens is 1. The fraction of sp³-hybridized carbons (Fsp3) is 0.182. The number of nitrogens with zero attached hydrogens (tertiary/aromatic N) is 2. The summed E-state index contributed by atoms with van der Waals surface area (Å²) in [6, 6.07) is 18.0. The van der Waals surface area contributed by atoms with Crippen molar-refractivity contribution in [3.8, 4) is 0 Å². The number of benzene rings is 2. The summed E-state index contributed by atoms with van der Waals surface area (Å²) in [6.07, 6.45) is 2.34. The first kappa shape index (κ1) is 19.1. The highest BCUT2D eigenvalue weighted by Gasteiger charge is 2.26. The molecule has 0 spiro atoms. The third kappa shape index (κ3) is 4.43. The van der Waals surface area contributed by atoms with Crippen LogP contribution >= 0.6 is 11.6 Å². The van der Waals surface area contributed by atoms with E-state index >= 15 is 0 Å². The number of urea groups is 1. The van der Waals surface area contributed by atoms with Crippen molar-refractivity contribution in [3.05, 3.63) is 83.3 Å². The maximum atomic E-state index is 13.0. The van der Waals surface area contributed by atoms with Gasteiger partial charge in [0.05, 0.1) is 6.26 Å². The van der Waals surface area contributed by atoms with E-state index in [2.05, 4.69) is 5.32 Å². The van der Waals surface area contributed by atoms with Crippen molar-refractivity contribution in [3.63, 3.8) is 0 Å². The lowest BCUT2D eigenvalue weighted by Gasteiger charge is -2.35. The highest BCUT2D eigenvalue weighted by molar-refractivity contribution is 6.30. The zero-order valence-corrected chi connectivity index (χ0v) is 16.4. The Labute approximate surface area is 173 Å². The molecular formula is C22H20ClN3O3. The third-order valence-corrected chi connectivity index (χ3v) is 5.03. The van der Waals surface area contributed by atoms with Crippen LogP contribution in [0, 0.1) is 0 Å². The SMILES string of the molecule is O=C(Nc1ccc(N2CCCN(Cc3ccc(Cl)cc3)C2=O)cc1)c1ccco1. The topological polar surface area (TPSA) is 65.8 Å². The van der Waals surface area contributed by atoms with Gasteiger partial charge in [0.1, 0.15) is 0 Å². The first-order chi connectivity index (χ1) is 14.1. The number of hydrogen-bond acceptors (Lipinski definition) is 3. The highest BCUT2D eigenvalue weighted by atomic mass is 35.5. The summed E-state index contributed by atoms with van der Waals surface area (Å²) in [6.45, 7) is 1.92. The normalized spacial score (nSPS) is 14.2. The Kier molecular flexibility index (Phi) is 5.53. The molecule has 1 aliphatic heterocycles. The molecule has 2 aromatic carbocycles. The third-order valence-electron chi connectivity index (χ3n) is 4.78. The summed E-state index contributed by atoms with van der Waals surface area (Å²) in [4.78, 5) is 28.6. The first-order valence-corrected chi connectivity index (χ1v) is 9.74. The van der Waals surface area contributed by atoms with E-state index < -0.39 is 0 Å². The van der Waals surface area contributed by atoms with Gasteiger partial charge in [-0.05, 0) is 60.5 Å². The lowest BCUT2D eigenvalue weighted by molar-refractivity contribution is 0.0996. The Morgan fingerprint density at radius 2 is 1.79 bits per heavy atom. The van der Waals surface area contributed by atoms with Crippen LogP contribution in [0.3, 0.4) is 0 Å². The van der Waals surface area contributed by atoms with Crippen molar-refractivity contribution in [1.29, 1.82) is 0 Å². The van der Waals surface area contributed by atoms with Gasteiger partial charge in [0, 0.05) is 36.0 Å². The predicted molar refractivity (Wildman–Crippen MR) is 112 cm³/mol. The molecule has 1 aromatic heterocycles. The predicted octanol–water partition coefficient (Wildman–Crippen LogP) is 5.02. The van der Waals surface area contributed by atoms with Crippen molar-refractivity contribution in [2.24, 2.45) is 0 Å². The minimum Gasteiger partial charge on any atom is -0.459 e. The standard InChI is InChI=1S/C22H20ClN3O3/c23-17-6-4-16(5-7-17)15-25-12-2-13-26(22(25)28)19-10-8-18(9-11-19)24-21(27)20-3-1-14-29-20/h1,3-11,14H,2,12-13,15H2,(H,24,27). The molecular weight excluding hydrogens is 390 g/mol. The van der Waals surface area contributed by atoms with E-state index in [4.69, 9.17) is 16.0 Å². The van der Waals surface area contributed by atoms with Crippen molar-refractivity contribution in [2.75, 3.05) is 23.3 Å². The number of rotatable bonds is 5. The van der Waals surface area contributed by atoms with Crippen LogP contribution < -0.4 is 10.2 Å². The molecule has 1 aliphatic rings. The second-order valence-corrected chi connectivity index (χ2v) is 7.25. The average Bonchev–Trinajstić information content (AvgIpc) is 3.27. The fourth-order valence-corrected chi connectivity index (χ4v) is 3.43. The van der Waals surface area contributed by atoms with Crippen LogP contribution in [-0.2, 0) is 6.54 Å².